The molecular formula is C12H13NO2S. The molecule has 1 saturated heterocycles. The Balaban J connectivity index is 1.99. The van der Waals surface area contributed by atoms with E-state index in [1.54, 1.807) is 0 Å². The molecule has 84 valence electrons. The normalized spacial score (nSPS) is 18.5. The SMILES string of the molecule is O=[S@](C#Cc1ccccc1)N1CCOCC1. The Morgan fingerprint density at radius 1 is 1.19 bits per heavy atom. The maximum Gasteiger partial charge on any atom is 0.174 e. The van der Waals surface area contributed by atoms with Crippen molar-refractivity contribution in [1.82, 2.24) is 4.31 Å². The Kier molecular flexibility index (Phi) is 4.11. The molecule has 1 atom stereocenters. The van der Waals surface area contributed by atoms with E-state index in [0.717, 1.165) is 5.56 Å². The molecule has 0 spiro atoms. The molecule has 0 aliphatic carbocycles. The second-order valence-electron chi connectivity index (χ2n) is 3.38. The van der Waals surface area contributed by atoms with Gasteiger partial charge in [-0.3, -0.25) is 0 Å². The van der Waals surface area contributed by atoms with E-state index in [1.165, 1.54) is 0 Å². The van der Waals surface area contributed by atoms with E-state index in [1.807, 2.05) is 34.6 Å². The number of benzene rings is 1. The summed E-state index contributed by atoms with van der Waals surface area (Å²) in [6.45, 7) is 2.66. The molecule has 4 heteroatoms. The van der Waals surface area contributed by atoms with Crippen LogP contribution >= 0.6 is 0 Å². The Bertz CT molecular complexity index is 416. The molecule has 0 aromatic heterocycles. The average molecular weight is 235 g/mol. The van der Waals surface area contributed by atoms with Crippen molar-refractivity contribution in [1.29, 1.82) is 0 Å². The van der Waals surface area contributed by atoms with E-state index in [-0.39, 0.29) is 0 Å². The first-order valence-corrected chi connectivity index (χ1v) is 6.28. The lowest BCUT2D eigenvalue weighted by atomic mass is 10.2. The number of hydrogen-bond donors (Lipinski definition) is 0. The quantitative estimate of drug-likeness (QED) is 0.679. The number of rotatable bonds is 1. The first kappa shape index (κ1) is 11.3. The van der Waals surface area contributed by atoms with Gasteiger partial charge in [-0.2, -0.15) is 0 Å². The first-order valence-electron chi connectivity index (χ1n) is 5.17. The van der Waals surface area contributed by atoms with Gasteiger partial charge in [0.25, 0.3) is 0 Å². The zero-order valence-corrected chi connectivity index (χ0v) is 9.70. The lowest BCUT2D eigenvalue weighted by Gasteiger charge is -2.22. The minimum atomic E-state index is -1.21. The van der Waals surface area contributed by atoms with Gasteiger partial charge in [0, 0.05) is 23.9 Å². The second kappa shape index (κ2) is 5.80. The highest BCUT2D eigenvalue weighted by atomic mass is 32.2. The van der Waals surface area contributed by atoms with Crippen LogP contribution < -0.4 is 0 Å². The first-order chi connectivity index (χ1) is 7.86. The molecule has 1 fully saturated rings. The lowest BCUT2D eigenvalue weighted by Crippen LogP contribution is -2.36. The molecule has 1 heterocycles. The summed E-state index contributed by atoms with van der Waals surface area (Å²) < 4.78 is 18.8. The number of ether oxygens (including phenoxy) is 1. The third-order valence-electron chi connectivity index (χ3n) is 2.26. The Labute approximate surface area is 98.0 Å². The maximum atomic E-state index is 11.8. The number of nitrogens with zero attached hydrogens (tertiary/aromatic N) is 1. The minimum Gasteiger partial charge on any atom is -0.379 e. The summed E-state index contributed by atoms with van der Waals surface area (Å²) in [5.74, 6) is 2.91. The number of morpholine rings is 1. The van der Waals surface area contributed by atoms with Crippen LogP contribution in [0.4, 0.5) is 0 Å². The van der Waals surface area contributed by atoms with E-state index in [0.29, 0.717) is 26.3 Å². The van der Waals surface area contributed by atoms with Gasteiger partial charge in [0.15, 0.2) is 11.0 Å². The van der Waals surface area contributed by atoms with Crippen molar-refractivity contribution in [3.8, 4) is 11.2 Å². The predicted molar refractivity (Wildman–Crippen MR) is 63.9 cm³/mol. The van der Waals surface area contributed by atoms with Gasteiger partial charge in [-0.25, -0.2) is 8.51 Å². The third kappa shape index (κ3) is 3.17. The molecule has 3 nitrogen and oxygen atoms in total. The molecule has 0 unspecified atom stereocenters. The summed E-state index contributed by atoms with van der Waals surface area (Å²) in [4.78, 5) is 0. The molecule has 0 saturated carbocycles. The van der Waals surface area contributed by atoms with Crippen molar-refractivity contribution in [3.63, 3.8) is 0 Å². The van der Waals surface area contributed by atoms with Gasteiger partial charge >= 0.3 is 0 Å². The van der Waals surface area contributed by atoms with Crippen molar-refractivity contribution < 1.29 is 8.95 Å². The van der Waals surface area contributed by atoms with Crippen LogP contribution in [0.5, 0.6) is 0 Å². The summed E-state index contributed by atoms with van der Waals surface area (Å²) in [7, 11) is -1.21. The highest BCUT2D eigenvalue weighted by Crippen LogP contribution is 2.01. The molecule has 0 amide bonds. The molecule has 1 aromatic carbocycles. The van der Waals surface area contributed by atoms with E-state index in [2.05, 4.69) is 11.2 Å². The van der Waals surface area contributed by atoms with Gasteiger partial charge < -0.3 is 4.74 Å². The van der Waals surface area contributed by atoms with Crippen molar-refractivity contribution in [2.75, 3.05) is 26.3 Å². The van der Waals surface area contributed by atoms with Crippen molar-refractivity contribution in [3.05, 3.63) is 35.9 Å². The van der Waals surface area contributed by atoms with Crippen LogP contribution in [0.2, 0.25) is 0 Å². The Morgan fingerprint density at radius 2 is 1.88 bits per heavy atom. The summed E-state index contributed by atoms with van der Waals surface area (Å²) in [6.07, 6.45) is 0. The zero-order valence-electron chi connectivity index (χ0n) is 8.89. The monoisotopic (exact) mass is 235 g/mol. The predicted octanol–water partition coefficient (Wildman–Crippen LogP) is 0.992. The van der Waals surface area contributed by atoms with Crippen molar-refractivity contribution in [2.24, 2.45) is 0 Å². The fraction of sp³-hybridized carbons (Fsp3) is 0.333. The molecule has 0 N–H and O–H groups in total. The topological polar surface area (TPSA) is 29.5 Å². The molecule has 1 aromatic rings. The van der Waals surface area contributed by atoms with Gasteiger partial charge in [-0.1, -0.05) is 24.1 Å². The van der Waals surface area contributed by atoms with Crippen LogP contribution in [-0.4, -0.2) is 34.8 Å². The standard InChI is InChI=1S/C12H13NO2S/c14-16(13-7-9-15-10-8-13)11-6-12-4-2-1-3-5-12/h1-5H,7-10H2/t16-/m1/s1. The van der Waals surface area contributed by atoms with E-state index in [4.69, 9.17) is 4.74 Å². The molecule has 0 bridgehead atoms. The van der Waals surface area contributed by atoms with Crippen LogP contribution in [0.25, 0.3) is 0 Å². The zero-order chi connectivity index (χ0) is 11.2. The van der Waals surface area contributed by atoms with Crippen molar-refractivity contribution >= 4 is 11.0 Å². The average Bonchev–Trinajstić information content (AvgIpc) is 2.38. The lowest BCUT2D eigenvalue weighted by molar-refractivity contribution is 0.0757. The van der Waals surface area contributed by atoms with Gasteiger partial charge in [-0.05, 0) is 12.1 Å². The number of hydrogen-bond acceptors (Lipinski definition) is 2. The summed E-state index contributed by atoms with van der Waals surface area (Å²) in [5, 5.41) is 2.76. The van der Waals surface area contributed by atoms with Crippen LogP contribution in [-0.2, 0) is 15.7 Å². The van der Waals surface area contributed by atoms with Gasteiger partial charge in [0.1, 0.15) is 0 Å². The fourth-order valence-corrected chi connectivity index (χ4v) is 2.22. The Hall–Kier alpha value is -1.15. The molecule has 1 aliphatic heterocycles. The molecule has 1 aliphatic rings. The fourth-order valence-electron chi connectivity index (χ4n) is 1.40. The Morgan fingerprint density at radius 3 is 2.56 bits per heavy atom. The van der Waals surface area contributed by atoms with Crippen molar-refractivity contribution in [2.45, 2.75) is 0 Å². The molecule has 16 heavy (non-hydrogen) atoms. The van der Waals surface area contributed by atoms with E-state index in [9.17, 15) is 4.21 Å². The summed E-state index contributed by atoms with van der Waals surface area (Å²) >= 11 is 0. The molecule has 0 radical (unpaired) electrons. The maximum absolute atomic E-state index is 11.8. The van der Waals surface area contributed by atoms with E-state index >= 15 is 0 Å². The largest absolute Gasteiger partial charge is 0.379 e. The van der Waals surface area contributed by atoms with Crippen LogP contribution in [0.3, 0.4) is 0 Å². The highest BCUT2D eigenvalue weighted by Gasteiger charge is 2.14. The smallest absolute Gasteiger partial charge is 0.174 e. The van der Waals surface area contributed by atoms with Crippen LogP contribution in [0.1, 0.15) is 5.56 Å². The molecular weight excluding hydrogens is 222 g/mol. The molecule has 2 rings (SSSR count). The van der Waals surface area contributed by atoms with Crippen LogP contribution in [0, 0.1) is 11.2 Å². The summed E-state index contributed by atoms with van der Waals surface area (Å²) in [6, 6.07) is 9.58. The van der Waals surface area contributed by atoms with Gasteiger partial charge in [-0.15, -0.1) is 0 Å². The summed E-state index contributed by atoms with van der Waals surface area (Å²) in [5.41, 5.74) is 0.893. The van der Waals surface area contributed by atoms with E-state index < -0.39 is 11.0 Å². The second-order valence-corrected chi connectivity index (χ2v) is 4.60. The minimum absolute atomic E-state index is 0.638. The highest BCUT2D eigenvalue weighted by molar-refractivity contribution is 7.87. The van der Waals surface area contributed by atoms with Gasteiger partial charge in [0.2, 0.25) is 0 Å². The van der Waals surface area contributed by atoms with Gasteiger partial charge in [0.05, 0.1) is 13.2 Å². The van der Waals surface area contributed by atoms with Crippen LogP contribution in [0.15, 0.2) is 30.3 Å². The third-order valence-corrected chi connectivity index (χ3v) is 3.37.